The molecule has 3 aliphatic heterocycles. The number of piperazine rings is 1. The predicted octanol–water partition coefficient (Wildman–Crippen LogP) is 0.274. The van der Waals surface area contributed by atoms with E-state index in [4.69, 9.17) is 10.5 Å². The number of fused-ring (bicyclic) bond motifs is 1. The Morgan fingerprint density at radius 3 is 2.94 bits per heavy atom. The lowest BCUT2D eigenvalue weighted by Crippen LogP contribution is -2.64. The standard InChI is InChI=1S/C13H25N3O/c14-10-13(4-8-17-11-13)16-7-6-15-5-2-1-3-12(15)9-16/h12H,1-11,14H2. The first-order chi connectivity index (χ1) is 8.34. The van der Waals surface area contributed by atoms with Gasteiger partial charge in [-0.3, -0.25) is 9.80 Å². The monoisotopic (exact) mass is 239 g/mol. The van der Waals surface area contributed by atoms with Crippen LogP contribution >= 0.6 is 0 Å². The minimum Gasteiger partial charge on any atom is -0.379 e. The molecular weight excluding hydrogens is 214 g/mol. The third-order valence-electron chi connectivity index (χ3n) is 4.97. The maximum absolute atomic E-state index is 6.03. The zero-order valence-electron chi connectivity index (χ0n) is 10.7. The van der Waals surface area contributed by atoms with Crippen LogP contribution < -0.4 is 5.73 Å². The number of ether oxygens (including phenoxy) is 1. The molecule has 0 aliphatic carbocycles. The number of nitrogens with zero attached hydrogens (tertiary/aromatic N) is 2. The van der Waals surface area contributed by atoms with Gasteiger partial charge in [0.2, 0.25) is 0 Å². The lowest BCUT2D eigenvalue weighted by atomic mass is 9.91. The highest BCUT2D eigenvalue weighted by molar-refractivity contribution is 4.99. The number of hydrogen-bond donors (Lipinski definition) is 1. The molecule has 2 atom stereocenters. The first-order valence-corrected chi connectivity index (χ1v) is 7.11. The maximum atomic E-state index is 6.03. The SMILES string of the molecule is NCC1(N2CCN3CCCCC3C2)CCOC1. The molecule has 0 aromatic rings. The van der Waals surface area contributed by atoms with Crippen LogP contribution in [-0.4, -0.2) is 67.3 Å². The Kier molecular flexibility index (Phi) is 3.39. The Morgan fingerprint density at radius 1 is 1.24 bits per heavy atom. The van der Waals surface area contributed by atoms with E-state index in [9.17, 15) is 0 Å². The summed E-state index contributed by atoms with van der Waals surface area (Å²) in [6, 6.07) is 0.779. The summed E-state index contributed by atoms with van der Waals surface area (Å²) >= 11 is 0. The summed E-state index contributed by atoms with van der Waals surface area (Å²) in [6.07, 6.45) is 5.29. The van der Waals surface area contributed by atoms with Gasteiger partial charge in [0.1, 0.15) is 0 Å². The van der Waals surface area contributed by atoms with Crippen LogP contribution in [0.15, 0.2) is 0 Å². The zero-order valence-corrected chi connectivity index (χ0v) is 10.7. The van der Waals surface area contributed by atoms with Gasteiger partial charge in [0, 0.05) is 38.8 Å². The second kappa shape index (κ2) is 4.84. The molecule has 3 saturated heterocycles. The molecule has 2 unspecified atom stereocenters. The fraction of sp³-hybridized carbons (Fsp3) is 1.00. The van der Waals surface area contributed by atoms with Crippen molar-refractivity contribution in [3.05, 3.63) is 0 Å². The highest BCUT2D eigenvalue weighted by Gasteiger charge is 2.43. The van der Waals surface area contributed by atoms with Crippen LogP contribution in [0.5, 0.6) is 0 Å². The number of rotatable bonds is 2. The molecule has 3 fully saturated rings. The smallest absolute Gasteiger partial charge is 0.0663 e. The van der Waals surface area contributed by atoms with Crippen LogP contribution in [0, 0.1) is 0 Å². The molecule has 4 nitrogen and oxygen atoms in total. The Bertz CT molecular complexity index is 265. The van der Waals surface area contributed by atoms with Crippen molar-refractivity contribution < 1.29 is 4.74 Å². The topological polar surface area (TPSA) is 41.7 Å². The van der Waals surface area contributed by atoms with E-state index < -0.39 is 0 Å². The first kappa shape index (κ1) is 11.9. The molecule has 17 heavy (non-hydrogen) atoms. The van der Waals surface area contributed by atoms with E-state index in [1.165, 1.54) is 45.4 Å². The van der Waals surface area contributed by atoms with E-state index in [1.807, 2.05) is 0 Å². The van der Waals surface area contributed by atoms with Gasteiger partial charge in [0.15, 0.2) is 0 Å². The van der Waals surface area contributed by atoms with Crippen molar-refractivity contribution in [1.82, 2.24) is 9.80 Å². The van der Waals surface area contributed by atoms with Gasteiger partial charge >= 0.3 is 0 Å². The van der Waals surface area contributed by atoms with E-state index in [1.54, 1.807) is 0 Å². The summed E-state index contributed by atoms with van der Waals surface area (Å²) in [5.74, 6) is 0. The normalized spacial score (nSPS) is 40.4. The van der Waals surface area contributed by atoms with E-state index in [-0.39, 0.29) is 5.54 Å². The average Bonchev–Trinajstić information content (AvgIpc) is 2.88. The second-order valence-corrected chi connectivity index (χ2v) is 5.86. The molecule has 98 valence electrons. The molecule has 0 bridgehead atoms. The van der Waals surface area contributed by atoms with Crippen molar-refractivity contribution in [1.29, 1.82) is 0 Å². The van der Waals surface area contributed by atoms with Crippen LogP contribution in [-0.2, 0) is 4.74 Å². The quantitative estimate of drug-likeness (QED) is 0.751. The van der Waals surface area contributed by atoms with Gasteiger partial charge in [-0.2, -0.15) is 0 Å². The van der Waals surface area contributed by atoms with Crippen LogP contribution in [0.25, 0.3) is 0 Å². The third-order valence-corrected chi connectivity index (χ3v) is 4.97. The molecule has 4 heteroatoms. The molecule has 3 rings (SSSR count). The van der Waals surface area contributed by atoms with Crippen molar-refractivity contribution in [2.24, 2.45) is 5.73 Å². The van der Waals surface area contributed by atoms with Crippen molar-refractivity contribution >= 4 is 0 Å². The van der Waals surface area contributed by atoms with Gasteiger partial charge in [-0.1, -0.05) is 6.42 Å². The largest absolute Gasteiger partial charge is 0.379 e. The Balaban J connectivity index is 1.68. The molecule has 0 aromatic carbocycles. The Labute approximate surface area is 104 Å². The molecule has 0 aromatic heterocycles. The molecular formula is C13H25N3O. The summed E-state index contributed by atoms with van der Waals surface area (Å²) in [4.78, 5) is 5.31. The van der Waals surface area contributed by atoms with Gasteiger partial charge in [0.05, 0.1) is 12.1 Å². The lowest BCUT2D eigenvalue weighted by Gasteiger charge is -2.50. The van der Waals surface area contributed by atoms with E-state index in [2.05, 4.69) is 9.80 Å². The molecule has 0 spiro atoms. The Morgan fingerprint density at radius 2 is 2.18 bits per heavy atom. The average molecular weight is 239 g/mol. The zero-order chi connectivity index (χ0) is 11.7. The van der Waals surface area contributed by atoms with Gasteiger partial charge in [-0.15, -0.1) is 0 Å². The van der Waals surface area contributed by atoms with Crippen LogP contribution in [0.3, 0.4) is 0 Å². The highest BCUT2D eigenvalue weighted by atomic mass is 16.5. The minimum atomic E-state index is 0.156. The number of hydrogen-bond acceptors (Lipinski definition) is 4. The molecule has 0 radical (unpaired) electrons. The predicted molar refractivity (Wildman–Crippen MR) is 68.0 cm³/mol. The maximum Gasteiger partial charge on any atom is 0.0663 e. The molecule has 3 heterocycles. The molecule has 0 amide bonds. The van der Waals surface area contributed by atoms with Crippen molar-refractivity contribution in [3.63, 3.8) is 0 Å². The minimum absolute atomic E-state index is 0.156. The van der Waals surface area contributed by atoms with E-state index in [0.717, 1.165) is 32.2 Å². The number of nitrogens with two attached hydrogens (primary N) is 1. The molecule has 2 N–H and O–H groups in total. The van der Waals surface area contributed by atoms with Gasteiger partial charge in [-0.05, 0) is 25.8 Å². The highest BCUT2D eigenvalue weighted by Crippen LogP contribution is 2.30. The van der Waals surface area contributed by atoms with Crippen molar-refractivity contribution in [3.8, 4) is 0 Å². The third kappa shape index (κ3) is 2.12. The summed E-state index contributed by atoms with van der Waals surface area (Å²) in [5, 5.41) is 0. The summed E-state index contributed by atoms with van der Waals surface area (Å²) < 4.78 is 5.61. The second-order valence-electron chi connectivity index (χ2n) is 5.86. The fourth-order valence-corrected chi connectivity index (χ4v) is 3.72. The van der Waals surface area contributed by atoms with E-state index in [0.29, 0.717) is 0 Å². The first-order valence-electron chi connectivity index (χ1n) is 7.11. The van der Waals surface area contributed by atoms with Gasteiger partial charge < -0.3 is 10.5 Å². The van der Waals surface area contributed by atoms with Crippen LogP contribution in [0.1, 0.15) is 25.7 Å². The summed E-state index contributed by atoms with van der Waals surface area (Å²) in [7, 11) is 0. The fourth-order valence-electron chi connectivity index (χ4n) is 3.72. The number of piperidine rings is 1. The van der Waals surface area contributed by atoms with Crippen LogP contribution in [0.2, 0.25) is 0 Å². The summed E-state index contributed by atoms with van der Waals surface area (Å²) in [6.45, 7) is 7.41. The molecule has 0 saturated carbocycles. The van der Waals surface area contributed by atoms with Gasteiger partial charge in [0.25, 0.3) is 0 Å². The Hall–Kier alpha value is -0.160. The van der Waals surface area contributed by atoms with Gasteiger partial charge in [-0.25, -0.2) is 0 Å². The molecule has 3 aliphatic rings. The van der Waals surface area contributed by atoms with Crippen molar-refractivity contribution in [2.75, 3.05) is 45.9 Å². The van der Waals surface area contributed by atoms with Crippen molar-refractivity contribution in [2.45, 2.75) is 37.3 Å². The summed E-state index contributed by atoms with van der Waals surface area (Å²) in [5.41, 5.74) is 6.19. The lowest BCUT2D eigenvalue weighted by molar-refractivity contribution is -0.0146. The van der Waals surface area contributed by atoms with Crippen LogP contribution in [0.4, 0.5) is 0 Å². The van der Waals surface area contributed by atoms with E-state index >= 15 is 0 Å².